The van der Waals surface area contributed by atoms with E-state index in [4.69, 9.17) is 5.11 Å². The third-order valence-electron chi connectivity index (χ3n) is 2.70. The predicted molar refractivity (Wildman–Crippen MR) is 60.0 cm³/mol. The van der Waals surface area contributed by atoms with Gasteiger partial charge in [0, 0.05) is 11.6 Å². The van der Waals surface area contributed by atoms with Gasteiger partial charge in [0.15, 0.2) is 0 Å². The number of hydrogen-bond donors (Lipinski definition) is 2. The molecule has 0 unspecified atom stereocenters. The molecule has 0 saturated heterocycles. The van der Waals surface area contributed by atoms with Crippen LogP contribution in [0.1, 0.15) is 21.7 Å². The second-order valence-electron chi connectivity index (χ2n) is 3.79. The number of hydrogen-bond acceptors (Lipinski definition) is 4. The Hall–Kier alpha value is -2.30. The number of aromatic hydroxyl groups is 1. The molecule has 1 heterocycles. The zero-order valence-corrected chi connectivity index (χ0v) is 9.39. The normalized spacial score (nSPS) is 10.5. The summed E-state index contributed by atoms with van der Waals surface area (Å²) >= 11 is 0. The molecule has 1 aromatic heterocycles. The molecule has 0 aliphatic carbocycles. The highest BCUT2D eigenvalue weighted by molar-refractivity contribution is 5.86. The summed E-state index contributed by atoms with van der Waals surface area (Å²) in [6.07, 6.45) is 0. The van der Waals surface area contributed by atoms with Crippen LogP contribution in [0.3, 0.4) is 0 Å². The standard InChI is InChI=1S/C12H11NO4/c1-6-3-4-8(11(14)7(6)2)9-5-10(12(15)16)17-13-9/h3-5,14H,1-2H3,(H,15,16). The van der Waals surface area contributed by atoms with Crippen LogP contribution in [-0.2, 0) is 0 Å². The number of phenols is 1. The Balaban J connectivity index is 2.53. The van der Waals surface area contributed by atoms with E-state index in [9.17, 15) is 9.90 Å². The molecule has 0 aliphatic rings. The molecule has 0 amide bonds. The van der Waals surface area contributed by atoms with Crippen molar-refractivity contribution in [3.8, 4) is 17.0 Å². The lowest BCUT2D eigenvalue weighted by Crippen LogP contribution is -1.91. The van der Waals surface area contributed by atoms with E-state index in [-0.39, 0.29) is 11.5 Å². The molecule has 88 valence electrons. The Bertz CT molecular complexity index is 586. The van der Waals surface area contributed by atoms with E-state index >= 15 is 0 Å². The summed E-state index contributed by atoms with van der Waals surface area (Å²) in [5.74, 6) is -1.35. The van der Waals surface area contributed by atoms with Gasteiger partial charge in [-0.2, -0.15) is 0 Å². The molecule has 0 spiro atoms. The van der Waals surface area contributed by atoms with Gasteiger partial charge in [0.2, 0.25) is 5.76 Å². The van der Waals surface area contributed by atoms with Gasteiger partial charge in [0.05, 0.1) is 0 Å². The van der Waals surface area contributed by atoms with E-state index in [1.807, 2.05) is 13.0 Å². The van der Waals surface area contributed by atoms with E-state index in [0.717, 1.165) is 11.1 Å². The van der Waals surface area contributed by atoms with Crippen LogP contribution in [-0.4, -0.2) is 21.3 Å². The summed E-state index contributed by atoms with van der Waals surface area (Å²) in [6, 6.07) is 4.80. The van der Waals surface area contributed by atoms with Crippen LogP contribution in [0.4, 0.5) is 0 Å². The number of rotatable bonds is 2. The molecule has 0 aliphatic heterocycles. The fraction of sp³-hybridized carbons (Fsp3) is 0.167. The lowest BCUT2D eigenvalue weighted by atomic mass is 10.0. The highest BCUT2D eigenvalue weighted by atomic mass is 16.5. The Kier molecular flexibility index (Phi) is 2.59. The van der Waals surface area contributed by atoms with Crippen LogP contribution in [0, 0.1) is 13.8 Å². The summed E-state index contributed by atoms with van der Waals surface area (Å²) in [5.41, 5.74) is 2.46. The van der Waals surface area contributed by atoms with Crippen molar-refractivity contribution in [2.75, 3.05) is 0 Å². The molecule has 0 radical (unpaired) electrons. The van der Waals surface area contributed by atoms with Gasteiger partial charge >= 0.3 is 5.97 Å². The number of benzene rings is 1. The first-order chi connectivity index (χ1) is 8.00. The molecular weight excluding hydrogens is 222 g/mol. The minimum atomic E-state index is -1.19. The van der Waals surface area contributed by atoms with E-state index in [2.05, 4.69) is 9.68 Å². The first kappa shape index (κ1) is 11.2. The Morgan fingerprint density at radius 1 is 1.35 bits per heavy atom. The first-order valence-corrected chi connectivity index (χ1v) is 5.00. The second-order valence-corrected chi connectivity index (χ2v) is 3.79. The Labute approximate surface area is 97.3 Å². The summed E-state index contributed by atoms with van der Waals surface area (Å²) in [6.45, 7) is 3.66. The predicted octanol–water partition coefficient (Wildman–Crippen LogP) is 2.36. The van der Waals surface area contributed by atoms with E-state index in [0.29, 0.717) is 11.3 Å². The summed E-state index contributed by atoms with van der Waals surface area (Å²) in [4.78, 5) is 10.7. The monoisotopic (exact) mass is 233 g/mol. The van der Waals surface area contributed by atoms with E-state index in [1.165, 1.54) is 6.07 Å². The van der Waals surface area contributed by atoms with Gasteiger partial charge in [0.25, 0.3) is 0 Å². The number of carbonyl (C=O) groups is 1. The van der Waals surface area contributed by atoms with Crippen molar-refractivity contribution in [2.45, 2.75) is 13.8 Å². The number of aryl methyl sites for hydroxylation is 1. The molecule has 2 aromatic rings. The summed E-state index contributed by atoms with van der Waals surface area (Å²) < 4.78 is 4.64. The average Bonchev–Trinajstić information content (AvgIpc) is 2.75. The van der Waals surface area contributed by atoms with Crippen molar-refractivity contribution >= 4 is 5.97 Å². The van der Waals surface area contributed by atoms with Crippen LogP contribution in [0.2, 0.25) is 0 Å². The molecule has 0 bridgehead atoms. The SMILES string of the molecule is Cc1ccc(-c2cc(C(=O)O)on2)c(O)c1C. The molecule has 2 rings (SSSR count). The molecule has 2 N–H and O–H groups in total. The molecule has 0 atom stereocenters. The van der Waals surface area contributed by atoms with Crippen molar-refractivity contribution in [3.05, 3.63) is 35.1 Å². The molecule has 5 nitrogen and oxygen atoms in total. The fourth-order valence-corrected chi connectivity index (χ4v) is 1.51. The molecule has 0 fully saturated rings. The smallest absolute Gasteiger partial charge is 0.374 e. The zero-order valence-electron chi connectivity index (χ0n) is 9.39. The minimum absolute atomic E-state index is 0.0928. The van der Waals surface area contributed by atoms with Crippen molar-refractivity contribution in [2.24, 2.45) is 0 Å². The number of aromatic carboxylic acids is 1. The molecule has 0 saturated carbocycles. The Morgan fingerprint density at radius 3 is 2.65 bits per heavy atom. The summed E-state index contributed by atoms with van der Waals surface area (Å²) in [5, 5.41) is 22.3. The maximum Gasteiger partial charge on any atom is 0.374 e. The highest BCUT2D eigenvalue weighted by Crippen LogP contribution is 2.33. The van der Waals surface area contributed by atoms with Crippen molar-refractivity contribution in [1.82, 2.24) is 5.16 Å². The van der Waals surface area contributed by atoms with E-state index < -0.39 is 5.97 Å². The average molecular weight is 233 g/mol. The van der Waals surface area contributed by atoms with Crippen LogP contribution in [0.15, 0.2) is 22.7 Å². The summed E-state index contributed by atoms with van der Waals surface area (Å²) in [7, 11) is 0. The van der Waals surface area contributed by atoms with Gasteiger partial charge in [0.1, 0.15) is 11.4 Å². The first-order valence-electron chi connectivity index (χ1n) is 5.00. The van der Waals surface area contributed by atoms with Gasteiger partial charge in [-0.3, -0.25) is 0 Å². The van der Waals surface area contributed by atoms with Crippen molar-refractivity contribution in [1.29, 1.82) is 0 Å². The van der Waals surface area contributed by atoms with Gasteiger partial charge in [-0.25, -0.2) is 4.79 Å². The number of carboxylic acid groups (broad SMARTS) is 1. The maximum atomic E-state index is 10.7. The van der Waals surface area contributed by atoms with Crippen LogP contribution in [0.25, 0.3) is 11.3 Å². The van der Waals surface area contributed by atoms with Gasteiger partial charge < -0.3 is 14.7 Å². The highest BCUT2D eigenvalue weighted by Gasteiger charge is 2.16. The quantitative estimate of drug-likeness (QED) is 0.831. The molecular formula is C12H11NO4. The molecule has 17 heavy (non-hydrogen) atoms. The number of aromatic nitrogens is 1. The molecule has 1 aromatic carbocycles. The number of nitrogens with zero attached hydrogens (tertiary/aromatic N) is 1. The maximum absolute atomic E-state index is 10.7. The third-order valence-corrected chi connectivity index (χ3v) is 2.70. The van der Waals surface area contributed by atoms with Gasteiger partial charge in [-0.15, -0.1) is 0 Å². The van der Waals surface area contributed by atoms with Gasteiger partial charge in [-0.05, 0) is 31.0 Å². The second kappa shape index (κ2) is 3.93. The zero-order chi connectivity index (χ0) is 12.6. The number of carboxylic acids is 1. The Morgan fingerprint density at radius 2 is 2.06 bits per heavy atom. The van der Waals surface area contributed by atoms with Gasteiger partial charge in [-0.1, -0.05) is 11.2 Å². The fourth-order valence-electron chi connectivity index (χ4n) is 1.51. The number of phenolic OH excluding ortho intramolecular Hbond substituents is 1. The third kappa shape index (κ3) is 1.87. The van der Waals surface area contributed by atoms with Crippen molar-refractivity contribution in [3.63, 3.8) is 0 Å². The molecule has 5 heteroatoms. The van der Waals surface area contributed by atoms with Crippen LogP contribution in [0.5, 0.6) is 5.75 Å². The lowest BCUT2D eigenvalue weighted by Gasteiger charge is -2.06. The van der Waals surface area contributed by atoms with Crippen molar-refractivity contribution < 1.29 is 19.5 Å². The topological polar surface area (TPSA) is 83.6 Å². The largest absolute Gasteiger partial charge is 0.507 e. The van der Waals surface area contributed by atoms with Crippen LogP contribution >= 0.6 is 0 Å². The minimum Gasteiger partial charge on any atom is -0.507 e. The van der Waals surface area contributed by atoms with E-state index in [1.54, 1.807) is 13.0 Å². The van der Waals surface area contributed by atoms with Crippen LogP contribution < -0.4 is 0 Å². The lowest BCUT2D eigenvalue weighted by molar-refractivity contribution is 0.0652.